The molecule has 0 unspecified atom stereocenters. The van der Waals surface area contributed by atoms with Gasteiger partial charge < -0.3 is 5.11 Å². The number of carbonyl (C=O) groups is 1. The molecule has 1 saturated heterocycles. The molecule has 0 radical (unpaired) electrons. The third-order valence-electron chi connectivity index (χ3n) is 3.84. The number of aromatic hydroxyl groups is 1. The van der Waals surface area contributed by atoms with Crippen LogP contribution in [0, 0.1) is 6.92 Å². The number of aryl methyl sites for hydroxylation is 1. The summed E-state index contributed by atoms with van der Waals surface area (Å²) in [5.41, 5.74) is 1.43. The highest BCUT2D eigenvalue weighted by Crippen LogP contribution is 2.25. The number of benzene rings is 1. The number of nitrogens with zero attached hydrogens (tertiary/aromatic N) is 2. The van der Waals surface area contributed by atoms with E-state index in [9.17, 15) is 18.3 Å². The van der Waals surface area contributed by atoms with E-state index < -0.39 is 9.84 Å². The minimum Gasteiger partial charge on any atom is -0.507 e. The fraction of sp³-hybridized carbons (Fsp3) is 0.333. The van der Waals surface area contributed by atoms with Gasteiger partial charge in [-0.05, 0) is 25.5 Å². The van der Waals surface area contributed by atoms with Crippen molar-refractivity contribution in [2.45, 2.75) is 19.4 Å². The number of phenolic OH excluding ortho intramolecular Hbond substituents is 1. The Morgan fingerprint density at radius 2 is 2.18 bits per heavy atom. The summed E-state index contributed by atoms with van der Waals surface area (Å²) in [5, 5.41) is 13.9. The normalized spacial score (nSPS) is 20.1. The standard InChI is InChI=1S/C15H16N2O4S/c1-10-2-3-14(18)13(6-10)15(19)11-7-16-17(8-11)12-4-5-22(20,21)9-12/h2-3,6-8,12,18H,4-5,9H2,1H3/t12-/m0/s1. The first-order valence-corrected chi connectivity index (χ1v) is 8.77. The first-order chi connectivity index (χ1) is 10.4. The predicted octanol–water partition coefficient (Wildman–Crippen LogP) is 1.49. The zero-order chi connectivity index (χ0) is 15.9. The number of phenols is 1. The molecule has 1 N–H and O–H groups in total. The lowest BCUT2D eigenvalue weighted by Gasteiger charge is -2.07. The summed E-state index contributed by atoms with van der Waals surface area (Å²) in [7, 11) is -3.00. The average molecular weight is 320 g/mol. The second-order valence-corrected chi connectivity index (χ2v) is 7.84. The molecule has 2 aromatic rings. The van der Waals surface area contributed by atoms with Gasteiger partial charge in [0, 0.05) is 6.20 Å². The number of sulfone groups is 1. The van der Waals surface area contributed by atoms with E-state index in [-0.39, 0.29) is 34.6 Å². The topological polar surface area (TPSA) is 89.3 Å². The molecule has 1 fully saturated rings. The number of hydrogen-bond donors (Lipinski definition) is 1. The summed E-state index contributed by atoms with van der Waals surface area (Å²) in [4.78, 5) is 12.4. The summed E-state index contributed by atoms with van der Waals surface area (Å²) in [6.45, 7) is 1.84. The van der Waals surface area contributed by atoms with Crippen molar-refractivity contribution < 1.29 is 18.3 Å². The monoisotopic (exact) mass is 320 g/mol. The Hall–Kier alpha value is -2.15. The molecule has 0 aliphatic carbocycles. The maximum atomic E-state index is 12.4. The Morgan fingerprint density at radius 3 is 2.86 bits per heavy atom. The van der Waals surface area contributed by atoms with Crippen LogP contribution in [0.3, 0.4) is 0 Å². The number of rotatable bonds is 3. The second kappa shape index (κ2) is 5.24. The third-order valence-corrected chi connectivity index (χ3v) is 5.59. The SMILES string of the molecule is Cc1ccc(O)c(C(=O)c2cnn([C@H]3CCS(=O)(=O)C3)c2)c1. The van der Waals surface area contributed by atoms with Crippen molar-refractivity contribution in [2.75, 3.05) is 11.5 Å². The smallest absolute Gasteiger partial charge is 0.199 e. The Bertz CT molecular complexity index is 839. The molecular weight excluding hydrogens is 304 g/mol. The molecule has 6 nitrogen and oxygen atoms in total. The molecule has 0 spiro atoms. The van der Waals surface area contributed by atoms with Gasteiger partial charge in [0.2, 0.25) is 0 Å². The minimum atomic E-state index is -3.00. The van der Waals surface area contributed by atoms with Gasteiger partial charge in [0.25, 0.3) is 0 Å². The fourth-order valence-corrected chi connectivity index (χ4v) is 4.33. The first kappa shape index (κ1) is 14.8. The first-order valence-electron chi connectivity index (χ1n) is 6.94. The van der Waals surface area contributed by atoms with Crippen LogP contribution in [0.1, 0.15) is 33.9 Å². The van der Waals surface area contributed by atoms with Crippen LogP contribution in [0.15, 0.2) is 30.6 Å². The lowest BCUT2D eigenvalue weighted by molar-refractivity contribution is 0.103. The van der Waals surface area contributed by atoms with Crippen LogP contribution >= 0.6 is 0 Å². The molecule has 116 valence electrons. The van der Waals surface area contributed by atoms with Gasteiger partial charge in [-0.3, -0.25) is 9.48 Å². The van der Waals surface area contributed by atoms with Crippen LogP contribution in [0.5, 0.6) is 5.75 Å². The maximum Gasteiger partial charge on any atom is 0.199 e. The molecule has 0 saturated carbocycles. The molecule has 0 bridgehead atoms. The van der Waals surface area contributed by atoms with E-state index in [0.717, 1.165) is 5.56 Å². The van der Waals surface area contributed by atoms with Gasteiger partial charge in [0.15, 0.2) is 15.6 Å². The Balaban J connectivity index is 1.88. The number of hydrogen-bond acceptors (Lipinski definition) is 5. The van der Waals surface area contributed by atoms with E-state index >= 15 is 0 Å². The van der Waals surface area contributed by atoms with Gasteiger partial charge in [-0.25, -0.2) is 8.42 Å². The molecular formula is C15H16N2O4S. The van der Waals surface area contributed by atoms with Crippen LogP contribution in [-0.4, -0.2) is 40.6 Å². The van der Waals surface area contributed by atoms with E-state index in [2.05, 4.69) is 5.10 Å². The molecule has 7 heteroatoms. The molecule has 1 atom stereocenters. The quantitative estimate of drug-likeness (QED) is 0.865. The number of ketones is 1. The highest BCUT2D eigenvalue weighted by molar-refractivity contribution is 7.91. The number of aromatic nitrogens is 2. The summed E-state index contributed by atoms with van der Waals surface area (Å²) in [6.07, 6.45) is 3.47. The summed E-state index contributed by atoms with van der Waals surface area (Å²) >= 11 is 0. The van der Waals surface area contributed by atoms with Crippen molar-refractivity contribution in [1.82, 2.24) is 9.78 Å². The second-order valence-electron chi connectivity index (χ2n) is 5.62. The molecule has 3 rings (SSSR count). The highest BCUT2D eigenvalue weighted by atomic mass is 32.2. The largest absolute Gasteiger partial charge is 0.507 e. The molecule has 1 aliphatic heterocycles. The highest BCUT2D eigenvalue weighted by Gasteiger charge is 2.30. The van der Waals surface area contributed by atoms with Crippen LogP contribution in [0.4, 0.5) is 0 Å². The molecule has 1 aliphatic rings. The lowest BCUT2D eigenvalue weighted by Crippen LogP contribution is -2.11. The zero-order valence-electron chi connectivity index (χ0n) is 12.1. The Labute approximate surface area is 128 Å². The van der Waals surface area contributed by atoms with Crippen molar-refractivity contribution in [2.24, 2.45) is 0 Å². The van der Waals surface area contributed by atoms with Gasteiger partial charge in [0.1, 0.15) is 5.75 Å². The van der Waals surface area contributed by atoms with Gasteiger partial charge in [-0.1, -0.05) is 11.6 Å². The zero-order valence-corrected chi connectivity index (χ0v) is 12.9. The van der Waals surface area contributed by atoms with E-state index in [1.54, 1.807) is 18.3 Å². The van der Waals surface area contributed by atoms with Crippen LogP contribution < -0.4 is 0 Å². The molecule has 0 amide bonds. The van der Waals surface area contributed by atoms with E-state index in [1.165, 1.54) is 16.9 Å². The molecule has 1 aromatic heterocycles. The van der Waals surface area contributed by atoms with Gasteiger partial charge in [-0.2, -0.15) is 5.10 Å². The average Bonchev–Trinajstić information content (AvgIpc) is 3.07. The van der Waals surface area contributed by atoms with Crippen molar-refractivity contribution in [3.8, 4) is 5.75 Å². The van der Waals surface area contributed by atoms with Crippen molar-refractivity contribution in [1.29, 1.82) is 0 Å². The van der Waals surface area contributed by atoms with Gasteiger partial charge in [-0.15, -0.1) is 0 Å². The Kier molecular flexibility index (Phi) is 3.52. The Morgan fingerprint density at radius 1 is 1.41 bits per heavy atom. The molecule has 2 heterocycles. The third kappa shape index (κ3) is 2.76. The van der Waals surface area contributed by atoms with Crippen molar-refractivity contribution >= 4 is 15.6 Å². The van der Waals surface area contributed by atoms with E-state index in [0.29, 0.717) is 12.0 Å². The minimum absolute atomic E-state index is 0.0536. The maximum absolute atomic E-state index is 12.4. The number of carbonyl (C=O) groups excluding carboxylic acids is 1. The lowest BCUT2D eigenvalue weighted by atomic mass is 10.0. The van der Waals surface area contributed by atoms with Gasteiger partial charge in [0.05, 0.1) is 34.9 Å². The summed E-state index contributed by atoms with van der Waals surface area (Å²) in [6, 6.07) is 4.60. The molecule has 22 heavy (non-hydrogen) atoms. The van der Waals surface area contributed by atoms with Crippen LogP contribution in [-0.2, 0) is 9.84 Å². The van der Waals surface area contributed by atoms with Gasteiger partial charge >= 0.3 is 0 Å². The fourth-order valence-electron chi connectivity index (χ4n) is 2.63. The summed E-state index contributed by atoms with van der Waals surface area (Å²) < 4.78 is 24.6. The predicted molar refractivity (Wildman–Crippen MR) is 80.8 cm³/mol. The van der Waals surface area contributed by atoms with E-state index in [1.807, 2.05) is 6.92 Å². The van der Waals surface area contributed by atoms with Crippen molar-refractivity contribution in [3.63, 3.8) is 0 Å². The molecule has 1 aromatic carbocycles. The van der Waals surface area contributed by atoms with Crippen molar-refractivity contribution in [3.05, 3.63) is 47.3 Å². The van der Waals surface area contributed by atoms with E-state index in [4.69, 9.17) is 0 Å². The van der Waals surface area contributed by atoms with Crippen LogP contribution in [0.2, 0.25) is 0 Å². The summed E-state index contributed by atoms with van der Waals surface area (Å²) in [5.74, 6) is -0.197. The van der Waals surface area contributed by atoms with Crippen LogP contribution in [0.25, 0.3) is 0 Å².